The van der Waals surface area contributed by atoms with Crippen molar-refractivity contribution in [2.45, 2.75) is 0 Å². The summed E-state index contributed by atoms with van der Waals surface area (Å²) in [5.41, 5.74) is 8.42. The van der Waals surface area contributed by atoms with Gasteiger partial charge in [0.1, 0.15) is 11.6 Å². The van der Waals surface area contributed by atoms with Crippen LogP contribution in [0.1, 0.15) is 0 Å². The van der Waals surface area contributed by atoms with E-state index in [2.05, 4.69) is 30.9 Å². The number of nitrogens with one attached hydrogen (secondary N) is 1. The van der Waals surface area contributed by atoms with E-state index in [9.17, 15) is 0 Å². The van der Waals surface area contributed by atoms with Gasteiger partial charge in [-0.25, -0.2) is 9.97 Å². The molecule has 0 atom stereocenters. The van der Waals surface area contributed by atoms with E-state index in [1.807, 2.05) is 6.07 Å². The Morgan fingerprint density at radius 1 is 1.35 bits per heavy atom. The van der Waals surface area contributed by atoms with E-state index >= 15 is 0 Å². The van der Waals surface area contributed by atoms with Crippen LogP contribution in [0.2, 0.25) is 5.02 Å². The van der Waals surface area contributed by atoms with Crippen LogP contribution in [0, 0.1) is 0 Å². The van der Waals surface area contributed by atoms with Gasteiger partial charge in [0, 0.05) is 16.7 Å². The molecule has 3 rings (SSSR count). The maximum absolute atomic E-state index is 6.07. The fraction of sp³-hybridized carbons (Fsp3) is 0.0769. The van der Waals surface area contributed by atoms with E-state index in [0.717, 1.165) is 15.6 Å². The number of hydrogen-bond acceptors (Lipinski definition) is 4. The highest BCUT2D eigenvalue weighted by Crippen LogP contribution is 2.35. The molecule has 0 fully saturated rings. The number of imidazole rings is 1. The Labute approximate surface area is 128 Å². The van der Waals surface area contributed by atoms with Gasteiger partial charge in [-0.3, -0.25) is 0 Å². The van der Waals surface area contributed by atoms with Gasteiger partial charge < -0.3 is 15.5 Å². The van der Waals surface area contributed by atoms with Gasteiger partial charge >= 0.3 is 0 Å². The van der Waals surface area contributed by atoms with Crippen LogP contribution >= 0.6 is 27.5 Å². The summed E-state index contributed by atoms with van der Waals surface area (Å²) in [6, 6.07) is 5.31. The molecule has 0 saturated heterocycles. The maximum Gasteiger partial charge on any atom is 0.178 e. The number of pyridine rings is 1. The highest BCUT2D eigenvalue weighted by atomic mass is 79.9. The number of nitrogens with two attached hydrogens (primary N) is 1. The molecular formula is C13H10BrClN4O. The van der Waals surface area contributed by atoms with Gasteiger partial charge in [-0.1, -0.05) is 11.6 Å². The van der Waals surface area contributed by atoms with Crippen molar-refractivity contribution in [3.63, 3.8) is 0 Å². The molecule has 0 amide bonds. The van der Waals surface area contributed by atoms with Crippen LogP contribution in [-0.2, 0) is 0 Å². The number of benzene rings is 1. The lowest BCUT2D eigenvalue weighted by molar-refractivity contribution is 0.416. The van der Waals surface area contributed by atoms with Crippen molar-refractivity contribution < 1.29 is 4.74 Å². The lowest BCUT2D eigenvalue weighted by atomic mass is 10.1. The van der Waals surface area contributed by atoms with E-state index in [-0.39, 0.29) is 0 Å². The molecule has 7 heteroatoms. The molecule has 0 bridgehead atoms. The van der Waals surface area contributed by atoms with Crippen molar-refractivity contribution in [2.75, 3.05) is 12.8 Å². The minimum absolute atomic E-state index is 0.454. The minimum Gasteiger partial charge on any atom is -0.496 e. The van der Waals surface area contributed by atoms with E-state index in [1.54, 1.807) is 25.4 Å². The van der Waals surface area contributed by atoms with Crippen LogP contribution in [0.4, 0.5) is 5.69 Å². The van der Waals surface area contributed by atoms with Gasteiger partial charge in [-0.15, -0.1) is 0 Å². The lowest BCUT2D eigenvalue weighted by Crippen LogP contribution is -1.93. The molecule has 0 radical (unpaired) electrons. The number of nitrogens with zero attached hydrogens (tertiary/aromatic N) is 2. The largest absolute Gasteiger partial charge is 0.496 e. The van der Waals surface area contributed by atoms with Crippen LogP contribution < -0.4 is 10.5 Å². The predicted octanol–water partition coefficient (Wildman–Crippen LogP) is 3.63. The number of hydrogen-bond donors (Lipinski definition) is 2. The van der Waals surface area contributed by atoms with Crippen molar-refractivity contribution in [1.29, 1.82) is 0 Å². The van der Waals surface area contributed by atoms with Gasteiger partial charge in [-0.2, -0.15) is 0 Å². The number of nitrogen functional groups attached to an aromatic ring is 1. The molecule has 0 aliphatic heterocycles. The fourth-order valence-electron chi connectivity index (χ4n) is 1.93. The molecule has 0 saturated carbocycles. The number of aromatic amines is 1. The molecule has 2 heterocycles. The Kier molecular flexibility index (Phi) is 3.27. The van der Waals surface area contributed by atoms with Crippen molar-refractivity contribution in [1.82, 2.24) is 15.0 Å². The highest BCUT2D eigenvalue weighted by Gasteiger charge is 2.14. The highest BCUT2D eigenvalue weighted by molar-refractivity contribution is 9.10. The second-order valence-electron chi connectivity index (χ2n) is 4.18. The Bertz CT molecular complexity index is 802. The molecule has 5 nitrogen and oxygen atoms in total. The summed E-state index contributed by atoms with van der Waals surface area (Å²) in [5.74, 6) is 1.23. The van der Waals surface area contributed by atoms with E-state index < -0.39 is 0 Å². The SMILES string of the molecule is COc1cc(N)c(Cl)cc1-c1nc2ncc(Br)cc2[nH]1. The van der Waals surface area contributed by atoms with Crippen LogP contribution in [0.25, 0.3) is 22.6 Å². The van der Waals surface area contributed by atoms with Crippen LogP contribution in [0.5, 0.6) is 5.75 Å². The summed E-state index contributed by atoms with van der Waals surface area (Å²) in [6.07, 6.45) is 1.69. The van der Waals surface area contributed by atoms with Crippen molar-refractivity contribution >= 4 is 44.4 Å². The number of aromatic nitrogens is 3. The minimum atomic E-state index is 0.454. The first kappa shape index (κ1) is 13.2. The van der Waals surface area contributed by atoms with Gasteiger partial charge in [-0.05, 0) is 28.1 Å². The Morgan fingerprint density at radius 3 is 2.90 bits per heavy atom. The Balaban J connectivity index is 2.22. The molecule has 1 aromatic carbocycles. The summed E-state index contributed by atoms with van der Waals surface area (Å²) in [4.78, 5) is 11.9. The number of ether oxygens (including phenoxy) is 1. The van der Waals surface area contributed by atoms with E-state index in [4.69, 9.17) is 22.1 Å². The molecule has 0 aliphatic carbocycles. The predicted molar refractivity (Wildman–Crippen MR) is 83.0 cm³/mol. The number of H-pyrrole nitrogens is 1. The topological polar surface area (TPSA) is 76.8 Å². The molecule has 0 aliphatic rings. The van der Waals surface area contributed by atoms with E-state index in [0.29, 0.717) is 27.9 Å². The fourth-order valence-corrected chi connectivity index (χ4v) is 2.42. The standard InChI is InChI=1S/C13H10BrClN4O/c1-20-11-4-9(16)8(15)3-7(11)12-18-10-2-6(14)5-17-13(10)19-12/h2-5H,16H2,1H3,(H,17,18,19). The summed E-state index contributed by atoms with van der Waals surface area (Å²) >= 11 is 9.45. The smallest absolute Gasteiger partial charge is 0.178 e. The average Bonchev–Trinajstić information content (AvgIpc) is 2.84. The zero-order valence-corrected chi connectivity index (χ0v) is 12.8. The first-order valence-electron chi connectivity index (χ1n) is 5.73. The molecule has 0 unspecified atom stereocenters. The van der Waals surface area contributed by atoms with Crippen molar-refractivity contribution in [3.8, 4) is 17.1 Å². The third-order valence-electron chi connectivity index (χ3n) is 2.88. The average molecular weight is 354 g/mol. The molecule has 3 N–H and O–H groups in total. The number of rotatable bonds is 2. The third-order valence-corrected chi connectivity index (χ3v) is 3.64. The first-order chi connectivity index (χ1) is 9.58. The number of methoxy groups -OCH3 is 1. The van der Waals surface area contributed by atoms with Gasteiger partial charge in [0.15, 0.2) is 5.65 Å². The third kappa shape index (κ3) is 2.21. The van der Waals surface area contributed by atoms with Gasteiger partial charge in [0.25, 0.3) is 0 Å². The molecular weight excluding hydrogens is 344 g/mol. The Hall–Kier alpha value is -1.79. The normalized spacial score (nSPS) is 10.9. The molecule has 102 valence electrons. The van der Waals surface area contributed by atoms with Crippen molar-refractivity contribution in [2.24, 2.45) is 0 Å². The maximum atomic E-state index is 6.07. The van der Waals surface area contributed by atoms with Crippen LogP contribution in [-0.4, -0.2) is 22.1 Å². The van der Waals surface area contributed by atoms with E-state index in [1.165, 1.54) is 0 Å². The zero-order valence-electron chi connectivity index (χ0n) is 10.4. The number of halogens is 2. The van der Waals surface area contributed by atoms with Crippen LogP contribution in [0.15, 0.2) is 28.9 Å². The monoisotopic (exact) mass is 352 g/mol. The second kappa shape index (κ2) is 4.96. The summed E-state index contributed by atoms with van der Waals surface area (Å²) in [7, 11) is 1.57. The van der Waals surface area contributed by atoms with Gasteiger partial charge in [0.2, 0.25) is 0 Å². The second-order valence-corrected chi connectivity index (χ2v) is 5.51. The summed E-state index contributed by atoms with van der Waals surface area (Å²) in [6.45, 7) is 0. The van der Waals surface area contributed by atoms with Crippen molar-refractivity contribution in [3.05, 3.63) is 33.9 Å². The lowest BCUT2D eigenvalue weighted by Gasteiger charge is -2.08. The number of anilines is 1. The summed E-state index contributed by atoms with van der Waals surface area (Å²) in [5, 5.41) is 0.454. The molecule has 2 aromatic heterocycles. The molecule has 20 heavy (non-hydrogen) atoms. The number of fused-ring (bicyclic) bond motifs is 1. The quantitative estimate of drug-likeness (QED) is 0.690. The first-order valence-corrected chi connectivity index (χ1v) is 6.90. The summed E-state index contributed by atoms with van der Waals surface area (Å²) < 4.78 is 6.20. The van der Waals surface area contributed by atoms with Gasteiger partial charge in [0.05, 0.1) is 28.9 Å². The molecule has 0 spiro atoms. The Morgan fingerprint density at radius 2 is 2.15 bits per heavy atom. The van der Waals surface area contributed by atoms with Crippen LogP contribution in [0.3, 0.4) is 0 Å². The molecule has 3 aromatic rings. The zero-order chi connectivity index (χ0) is 14.3.